The molecule has 0 aliphatic carbocycles. The van der Waals surface area contributed by atoms with E-state index in [0.717, 1.165) is 28.0 Å². The number of aromatic amines is 1. The Morgan fingerprint density at radius 3 is 2.39 bits per heavy atom. The molecule has 0 fully saturated rings. The van der Waals surface area contributed by atoms with Crippen molar-refractivity contribution in [3.63, 3.8) is 0 Å². The van der Waals surface area contributed by atoms with E-state index in [9.17, 15) is 4.79 Å². The third-order valence-corrected chi connectivity index (χ3v) is 6.37. The number of nitrogens with one attached hydrogen (secondary N) is 2. The molecule has 0 bridgehead atoms. The largest absolute Gasteiger partial charge is 0.497 e. The maximum atomic E-state index is 12.4. The fourth-order valence-electron chi connectivity index (χ4n) is 3.81. The Balaban J connectivity index is 1.54. The van der Waals surface area contributed by atoms with E-state index in [1.807, 2.05) is 60.1 Å². The topological polar surface area (TPSA) is 115 Å². The molecule has 0 radical (unpaired) electrons. The number of fused-ring (bicyclic) bond motifs is 1. The lowest BCUT2D eigenvalue weighted by molar-refractivity contribution is 0.102. The van der Waals surface area contributed by atoms with E-state index < -0.39 is 0 Å². The summed E-state index contributed by atoms with van der Waals surface area (Å²) in [5.41, 5.74) is 4.65. The first-order valence-electron chi connectivity index (χ1n) is 10.8. The number of methoxy groups -OCH3 is 1. The van der Waals surface area contributed by atoms with Gasteiger partial charge in [0.25, 0.3) is 5.91 Å². The number of aryl methyl sites for hydroxylation is 1. The van der Waals surface area contributed by atoms with Gasteiger partial charge in [-0.2, -0.15) is 0 Å². The summed E-state index contributed by atoms with van der Waals surface area (Å²) >= 11 is 12.7. The number of tetrazole rings is 1. The van der Waals surface area contributed by atoms with Crippen LogP contribution in [0.1, 0.15) is 15.9 Å². The summed E-state index contributed by atoms with van der Waals surface area (Å²) in [6.45, 7) is 0.484. The molecule has 0 saturated heterocycles. The Kier molecular flexibility index (Phi) is 6.45. The Hall–Kier alpha value is -4.15. The van der Waals surface area contributed by atoms with E-state index in [1.165, 1.54) is 0 Å². The average Bonchev–Trinajstić information content (AvgIpc) is 3.48. The second kappa shape index (κ2) is 9.84. The first-order valence-corrected chi connectivity index (χ1v) is 11.6. The molecule has 0 aliphatic heterocycles. The van der Waals surface area contributed by atoms with Crippen molar-refractivity contribution < 1.29 is 9.53 Å². The molecule has 2 aromatic heterocycles. The Labute approximate surface area is 215 Å². The molecule has 0 aliphatic rings. The molecule has 0 spiro atoms. The number of nitrogens with zero attached hydrogens (tertiary/aromatic N) is 6. The number of aromatic nitrogens is 6. The van der Waals surface area contributed by atoms with E-state index in [2.05, 4.69) is 30.5 Å². The number of carbonyl (C=O) groups excluding carboxylic acids is 1. The highest BCUT2D eigenvalue weighted by Crippen LogP contribution is 2.28. The number of rotatable bonds is 6. The number of hydrogen-bond donors (Lipinski definition) is 2. The molecule has 10 nitrogen and oxygen atoms in total. The highest BCUT2D eigenvalue weighted by atomic mass is 35.5. The second-order valence-corrected chi connectivity index (χ2v) is 8.73. The minimum absolute atomic E-state index is 0.177. The zero-order valence-electron chi connectivity index (χ0n) is 19.2. The number of H-pyrrole nitrogens is 1. The lowest BCUT2D eigenvalue weighted by atomic mass is 10.1. The van der Waals surface area contributed by atoms with Gasteiger partial charge < -0.3 is 13.9 Å². The fourth-order valence-corrected chi connectivity index (χ4v) is 4.12. The molecule has 1 amide bonds. The monoisotopic (exact) mass is 522 g/mol. The van der Waals surface area contributed by atoms with Gasteiger partial charge in [0.05, 0.1) is 40.4 Å². The molecule has 0 atom stereocenters. The molecule has 36 heavy (non-hydrogen) atoms. The van der Waals surface area contributed by atoms with Crippen LogP contribution < -0.4 is 15.7 Å². The van der Waals surface area contributed by atoms with E-state index in [0.29, 0.717) is 27.8 Å². The van der Waals surface area contributed by atoms with Gasteiger partial charge in [-0.25, -0.2) is 10.1 Å². The molecular formula is C24H20Cl2N8O2. The number of carbonyl (C=O) groups is 1. The number of benzene rings is 3. The number of anilines is 1. The van der Waals surface area contributed by atoms with Gasteiger partial charge in [0.1, 0.15) is 5.75 Å². The molecule has 0 saturated carbocycles. The van der Waals surface area contributed by atoms with Crippen molar-refractivity contribution in [2.24, 2.45) is 12.0 Å². The van der Waals surface area contributed by atoms with E-state index in [1.54, 1.807) is 19.2 Å². The van der Waals surface area contributed by atoms with Gasteiger partial charge in [0.15, 0.2) is 0 Å². The number of ether oxygens (including phenoxy) is 1. The van der Waals surface area contributed by atoms with Gasteiger partial charge in [-0.05, 0) is 64.5 Å². The van der Waals surface area contributed by atoms with Crippen molar-refractivity contribution in [1.82, 2.24) is 29.8 Å². The number of halogens is 2. The molecule has 2 heterocycles. The van der Waals surface area contributed by atoms with Crippen LogP contribution in [-0.2, 0) is 13.6 Å². The summed E-state index contributed by atoms with van der Waals surface area (Å²) in [5, 5.41) is 16.6. The average molecular weight is 523 g/mol. The summed E-state index contributed by atoms with van der Waals surface area (Å²) in [5.74, 6) is 0.603. The Bertz CT molecular complexity index is 1610. The van der Waals surface area contributed by atoms with Gasteiger partial charge in [0.2, 0.25) is 11.6 Å². The zero-order chi connectivity index (χ0) is 25.2. The van der Waals surface area contributed by atoms with Crippen LogP contribution >= 0.6 is 23.2 Å². The standard InChI is InChI=1S/C24H20Cl2N8O2/c1-33-20-11-18(25)19(26)12-21(20)34(24(33)27-16-7-9-17(36-2)10-8-16)13-14-3-5-15(6-4-14)22(35)28-23-29-31-32-30-23/h3-12H,13H2,1-2H3,(H2,28,29,30,31,32,35)/b27-24+. The van der Waals surface area contributed by atoms with Crippen molar-refractivity contribution in [1.29, 1.82) is 0 Å². The number of imidazole rings is 1. The van der Waals surface area contributed by atoms with Gasteiger partial charge >= 0.3 is 0 Å². The predicted octanol–water partition coefficient (Wildman–Crippen LogP) is 4.34. The van der Waals surface area contributed by atoms with Crippen molar-refractivity contribution in [3.05, 3.63) is 87.5 Å². The van der Waals surface area contributed by atoms with Crippen LogP contribution in [0.3, 0.4) is 0 Å². The maximum absolute atomic E-state index is 12.4. The smallest absolute Gasteiger partial charge is 0.258 e. The molecule has 5 rings (SSSR count). The van der Waals surface area contributed by atoms with Crippen LogP contribution in [-0.4, -0.2) is 42.8 Å². The minimum Gasteiger partial charge on any atom is -0.497 e. The lowest BCUT2D eigenvalue weighted by Crippen LogP contribution is -2.24. The molecule has 2 N–H and O–H groups in total. The summed E-state index contributed by atoms with van der Waals surface area (Å²) < 4.78 is 9.27. The SMILES string of the molecule is COc1ccc(/N=c2\n(C)c3cc(Cl)c(Cl)cc3n2Cc2ccc(C(=O)Nc3nnn[nH]3)cc2)cc1. The summed E-state index contributed by atoms with van der Waals surface area (Å²) in [6.07, 6.45) is 0. The summed E-state index contributed by atoms with van der Waals surface area (Å²) in [4.78, 5) is 17.3. The van der Waals surface area contributed by atoms with E-state index in [4.69, 9.17) is 32.9 Å². The van der Waals surface area contributed by atoms with Crippen molar-refractivity contribution in [2.75, 3.05) is 12.4 Å². The van der Waals surface area contributed by atoms with Crippen LogP contribution in [0.4, 0.5) is 11.6 Å². The van der Waals surface area contributed by atoms with Crippen molar-refractivity contribution in [2.45, 2.75) is 6.54 Å². The van der Waals surface area contributed by atoms with Gasteiger partial charge in [-0.15, -0.1) is 0 Å². The minimum atomic E-state index is -0.325. The highest BCUT2D eigenvalue weighted by Gasteiger charge is 2.14. The van der Waals surface area contributed by atoms with Gasteiger partial charge in [-0.3, -0.25) is 10.1 Å². The first kappa shape index (κ1) is 23.6. The first-order chi connectivity index (χ1) is 17.4. The molecule has 182 valence electrons. The van der Waals surface area contributed by atoms with E-state index in [-0.39, 0.29) is 11.9 Å². The third kappa shape index (κ3) is 4.68. The van der Waals surface area contributed by atoms with Gasteiger partial charge in [0, 0.05) is 12.6 Å². The Morgan fingerprint density at radius 1 is 1.06 bits per heavy atom. The molecule has 12 heteroatoms. The van der Waals surface area contributed by atoms with Crippen LogP contribution in [0.2, 0.25) is 10.0 Å². The second-order valence-electron chi connectivity index (χ2n) is 7.91. The summed E-state index contributed by atoms with van der Waals surface area (Å²) in [7, 11) is 3.55. The quantitative estimate of drug-likeness (QED) is 0.344. The van der Waals surface area contributed by atoms with Crippen LogP contribution in [0.5, 0.6) is 5.75 Å². The van der Waals surface area contributed by atoms with E-state index >= 15 is 0 Å². The Morgan fingerprint density at radius 2 is 1.75 bits per heavy atom. The fraction of sp³-hybridized carbons (Fsp3) is 0.125. The van der Waals surface area contributed by atoms with Crippen molar-refractivity contribution >= 4 is 51.8 Å². The number of amides is 1. The van der Waals surface area contributed by atoms with Crippen LogP contribution in [0.25, 0.3) is 11.0 Å². The van der Waals surface area contributed by atoms with Crippen molar-refractivity contribution in [3.8, 4) is 5.75 Å². The molecular weight excluding hydrogens is 503 g/mol. The van der Waals surface area contributed by atoms with Gasteiger partial charge in [-0.1, -0.05) is 40.4 Å². The zero-order valence-corrected chi connectivity index (χ0v) is 20.7. The van der Waals surface area contributed by atoms with Crippen LogP contribution in [0, 0.1) is 0 Å². The summed E-state index contributed by atoms with van der Waals surface area (Å²) in [6, 6.07) is 18.4. The number of hydrogen-bond acceptors (Lipinski definition) is 6. The molecule has 0 unspecified atom stereocenters. The predicted molar refractivity (Wildman–Crippen MR) is 137 cm³/mol. The molecule has 5 aromatic rings. The highest BCUT2D eigenvalue weighted by molar-refractivity contribution is 6.42. The normalized spacial score (nSPS) is 11.7. The molecule has 3 aromatic carbocycles. The van der Waals surface area contributed by atoms with Crippen LogP contribution in [0.15, 0.2) is 65.7 Å². The third-order valence-electron chi connectivity index (χ3n) is 5.65. The lowest BCUT2D eigenvalue weighted by Gasteiger charge is -2.08. The maximum Gasteiger partial charge on any atom is 0.258 e.